The van der Waals surface area contributed by atoms with E-state index in [-0.39, 0.29) is 0 Å². The summed E-state index contributed by atoms with van der Waals surface area (Å²) in [4.78, 5) is 14.7. The second-order valence-corrected chi connectivity index (χ2v) is 12.7. The minimum atomic E-state index is -0.496. The molecule has 50 heavy (non-hydrogen) atoms. The summed E-state index contributed by atoms with van der Waals surface area (Å²) in [7, 11) is 0. The van der Waals surface area contributed by atoms with Gasteiger partial charge in [0.15, 0.2) is 5.82 Å². The van der Waals surface area contributed by atoms with Crippen molar-refractivity contribution in [1.29, 1.82) is 0 Å². The molecule has 1 aliphatic heterocycles. The van der Waals surface area contributed by atoms with Crippen molar-refractivity contribution in [3.05, 3.63) is 198 Å². The summed E-state index contributed by atoms with van der Waals surface area (Å²) in [6.45, 7) is 0. The van der Waals surface area contributed by atoms with Crippen molar-refractivity contribution < 1.29 is 4.74 Å². The highest BCUT2D eigenvalue weighted by Crippen LogP contribution is 2.62. The fourth-order valence-corrected chi connectivity index (χ4v) is 7.93. The molecule has 10 rings (SSSR count). The summed E-state index contributed by atoms with van der Waals surface area (Å²) in [5, 5.41) is 0. The number of benzene rings is 6. The molecule has 1 aliphatic carbocycles. The van der Waals surface area contributed by atoms with Crippen LogP contribution in [0.25, 0.3) is 56.3 Å². The zero-order chi connectivity index (χ0) is 33.1. The van der Waals surface area contributed by atoms with E-state index < -0.39 is 5.41 Å². The van der Waals surface area contributed by atoms with Crippen molar-refractivity contribution >= 4 is 0 Å². The maximum atomic E-state index is 6.82. The van der Waals surface area contributed by atoms with E-state index in [0.717, 1.165) is 62.0 Å². The largest absolute Gasteiger partial charge is 0.457 e. The number of aromatic nitrogens is 3. The summed E-state index contributed by atoms with van der Waals surface area (Å²) in [5.74, 6) is 2.38. The first-order valence-electron chi connectivity index (χ1n) is 16.9. The smallest absolute Gasteiger partial charge is 0.160 e. The monoisotopic (exact) mass is 639 g/mol. The van der Waals surface area contributed by atoms with Crippen LogP contribution in [0.1, 0.15) is 22.3 Å². The van der Waals surface area contributed by atoms with Gasteiger partial charge in [-0.2, -0.15) is 0 Å². The lowest BCUT2D eigenvalue weighted by Crippen LogP contribution is -2.32. The Morgan fingerprint density at radius 2 is 0.980 bits per heavy atom. The SMILES string of the molecule is c1ccc(-c2nc(-c3ccccn3)cc(-c3ccccc3-c3ccc4c(c3)Oc3ccccc3C43c4ccccc4-c4ccccc43)n2)cc1. The molecule has 2 aromatic heterocycles. The summed E-state index contributed by atoms with van der Waals surface area (Å²) in [5.41, 5.74) is 13.4. The predicted octanol–water partition coefficient (Wildman–Crippen LogP) is 11.0. The van der Waals surface area contributed by atoms with Crippen molar-refractivity contribution in [2.75, 3.05) is 0 Å². The normalized spacial score (nSPS) is 13.1. The summed E-state index contributed by atoms with van der Waals surface area (Å²) in [6.07, 6.45) is 1.80. The highest BCUT2D eigenvalue weighted by atomic mass is 16.5. The van der Waals surface area contributed by atoms with Gasteiger partial charge >= 0.3 is 0 Å². The lowest BCUT2D eigenvalue weighted by Gasteiger charge is -2.39. The molecule has 3 heterocycles. The molecule has 0 atom stereocenters. The Bertz CT molecular complexity index is 2480. The van der Waals surface area contributed by atoms with Crippen LogP contribution in [-0.4, -0.2) is 15.0 Å². The number of hydrogen-bond donors (Lipinski definition) is 0. The molecule has 234 valence electrons. The summed E-state index contributed by atoms with van der Waals surface area (Å²) < 4.78 is 6.82. The maximum absolute atomic E-state index is 6.82. The quantitative estimate of drug-likeness (QED) is 0.192. The highest BCUT2D eigenvalue weighted by Gasteiger charge is 2.50. The molecule has 8 aromatic rings. The molecule has 0 amide bonds. The first kappa shape index (κ1) is 28.4. The Hall–Kier alpha value is -6.65. The van der Waals surface area contributed by atoms with E-state index in [4.69, 9.17) is 14.7 Å². The highest BCUT2D eigenvalue weighted by molar-refractivity contribution is 5.90. The van der Waals surface area contributed by atoms with Crippen LogP contribution in [0.5, 0.6) is 11.5 Å². The van der Waals surface area contributed by atoms with Crippen LogP contribution in [0.15, 0.2) is 176 Å². The molecule has 0 fully saturated rings. The fourth-order valence-electron chi connectivity index (χ4n) is 7.93. The van der Waals surface area contributed by atoms with E-state index in [1.54, 1.807) is 6.20 Å². The van der Waals surface area contributed by atoms with Gasteiger partial charge in [-0.3, -0.25) is 4.98 Å². The van der Waals surface area contributed by atoms with Gasteiger partial charge in [0.1, 0.15) is 11.5 Å². The minimum absolute atomic E-state index is 0.496. The average molecular weight is 640 g/mol. The van der Waals surface area contributed by atoms with E-state index in [2.05, 4.69) is 120 Å². The van der Waals surface area contributed by atoms with Gasteiger partial charge in [0.05, 0.1) is 22.5 Å². The van der Waals surface area contributed by atoms with E-state index in [1.807, 2.05) is 54.6 Å². The first-order chi connectivity index (χ1) is 24.8. The van der Waals surface area contributed by atoms with Crippen LogP contribution in [0, 0.1) is 0 Å². The second kappa shape index (κ2) is 11.2. The number of pyridine rings is 1. The van der Waals surface area contributed by atoms with Gasteiger partial charge in [-0.25, -0.2) is 9.97 Å². The van der Waals surface area contributed by atoms with Gasteiger partial charge in [0, 0.05) is 28.5 Å². The lowest BCUT2D eigenvalue weighted by molar-refractivity contribution is 0.436. The number of hydrogen-bond acceptors (Lipinski definition) is 4. The molecule has 0 bridgehead atoms. The Morgan fingerprint density at radius 3 is 1.72 bits per heavy atom. The topological polar surface area (TPSA) is 47.9 Å². The second-order valence-electron chi connectivity index (χ2n) is 12.7. The summed E-state index contributed by atoms with van der Waals surface area (Å²) >= 11 is 0. The standard InChI is InChI=1S/C46H29N3O/c1-2-14-30(15-3-1)45-48-41(29-42(49-45)40-23-12-13-27-47-40)35-19-5-4-16-32(35)31-25-26-39-44(28-31)50-43-24-11-10-22-38(43)46(39)36-20-8-6-17-33(36)34-18-7-9-21-37(34)46/h1-29H. The lowest BCUT2D eigenvalue weighted by atomic mass is 9.66. The molecule has 0 saturated heterocycles. The third-order valence-electron chi connectivity index (χ3n) is 10.0. The van der Waals surface area contributed by atoms with Crippen molar-refractivity contribution in [2.45, 2.75) is 5.41 Å². The first-order valence-corrected chi connectivity index (χ1v) is 16.9. The van der Waals surface area contributed by atoms with Gasteiger partial charge in [0.25, 0.3) is 0 Å². The molecule has 1 spiro atoms. The number of para-hydroxylation sites is 1. The van der Waals surface area contributed by atoms with Crippen molar-refractivity contribution in [3.8, 4) is 67.8 Å². The summed E-state index contributed by atoms with van der Waals surface area (Å²) in [6, 6.07) is 59.3. The van der Waals surface area contributed by atoms with Gasteiger partial charge in [-0.15, -0.1) is 0 Å². The molecule has 0 saturated carbocycles. The van der Waals surface area contributed by atoms with E-state index in [9.17, 15) is 0 Å². The van der Waals surface area contributed by atoms with Gasteiger partial charge < -0.3 is 4.74 Å². The van der Waals surface area contributed by atoms with Gasteiger partial charge in [-0.1, -0.05) is 140 Å². The zero-order valence-electron chi connectivity index (χ0n) is 27.0. The van der Waals surface area contributed by atoms with E-state index >= 15 is 0 Å². The fraction of sp³-hybridized carbons (Fsp3) is 0.0217. The average Bonchev–Trinajstić information content (AvgIpc) is 3.49. The minimum Gasteiger partial charge on any atom is -0.457 e. The zero-order valence-corrected chi connectivity index (χ0v) is 27.0. The van der Waals surface area contributed by atoms with Crippen LogP contribution in [0.4, 0.5) is 0 Å². The Labute approximate surface area is 290 Å². The number of ether oxygens (including phenoxy) is 1. The van der Waals surface area contributed by atoms with Crippen molar-refractivity contribution in [3.63, 3.8) is 0 Å². The molecule has 6 aromatic carbocycles. The number of rotatable bonds is 4. The molecule has 2 aliphatic rings. The third kappa shape index (κ3) is 4.22. The van der Waals surface area contributed by atoms with Crippen LogP contribution < -0.4 is 4.74 Å². The third-order valence-corrected chi connectivity index (χ3v) is 10.0. The molecule has 4 heteroatoms. The maximum Gasteiger partial charge on any atom is 0.160 e. The molecular weight excluding hydrogens is 611 g/mol. The Morgan fingerprint density at radius 1 is 0.380 bits per heavy atom. The van der Waals surface area contributed by atoms with Crippen LogP contribution >= 0.6 is 0 Å². The van der Waals surface area contributed by atoms with Crippen molar-refractivity contribution in [2.24, 2.45) is 0 Å². The van der Waals surface area contributed by atoms with Gasteiger partial charge in [-0.05, 0) is 63.7 Å². The molecule has 0 N–H and O–H groups in total. The number of fused-ring (bicyclic) bond motifs is 9. The van der Waals surface area contributed by atoms with E-state index in [1.165, 1.54) is 22.3 Å². The van der Waals surface area contributed by atoms with Crippen LogP contribution in [-0.2, 0) is 5.41 Å². The predicted molar refractivity (Wildman–Crippen MR) is 199 cm³/mol. The molecular formula is C46H29N3O. The molecule has 0 radical (unpaired) electrons. The number of nitrogens with zero attached hydrogens (tertiary/aromatic N) is 3. The molecule has 0 unspecified atom stereocenters. The van der Waals surface area contributed by atoms with Crippen LogP contribution in [0.3, 0.4) is 0 Å². The van der Waals surface area contributed by atoms with Crippen LogP contribution in [0.2, 0.25) is 0 Å². The Balaban J connectivity index is 1.18. The van der Waals surface area contributed by atoms with Gasteiger partial charge in [0.2, 0.25) is 0 Å². The molecule has 4 nitrogen and oxygen atoms in total. The van der Waals surface area contributed by atoms with E-state index in [0.29, 0.717) is 5.82 Å². The Kier molecular flexibility index (Phi) is 6.36. The van der Waals surface area contributed by atoms with Crippen molar-refractivity contribution in [1.82, 2.24) is 15.0 Å².